The van der Waals surface area contributed by atoms with Crippen LogP contribution >= 0.6 is 0 Å². The quantitative estimate of drug-likeness (QED) is 0.837. The number of nitrogens with one attached hydrogen (secondary N) is 1. The molecule has 1 aliphatic heterocycles. The Labute approximate surface area is 127 Å². The minimum atomic E-state index is 0.369. The van der Waals surface area contributed by atoms with Crippen LogP contribution in [0, 0.1) is 0 Å². The summed E-state index contributed by atoms with van der Waals surface area (Å²) >= 11 is 0. The average Bonchev–Trinajstić information content (AvgIpc) is 3.36. The molecule has 2 aliphatic rings. The lowest BCUT2D eigenvalue weighted by molar-refractivity contribution is 0.0439. The lowest BCUT2D eigenvalue weighted by atomic mass is 10.1. The minimum absolute atomic E-state index is 0.369. The van der Waals surface area contributed by atoms with Crippen molar-refractivity contribution in [2.75, 3.05) is 24.6 Å². The number of nitrogens with zero attached hydrogens (tertiary/aromatic N) is 2. The Morgan fingerprint density at radius 2 is 2.24 bits per heavy atom. The van der Waals surface area contributed by atoms with Crippen LogP contribution in [0.25, 0.3) is 0 Å². The molecule has 21 heavy (non-hydrogen) atoms. The number of ether oxygens (including phenoxy) is 1. The summed E-state index contributed by atoms with van der Waals surface area (Å²) in [5, 5.41) is 3.53. The van der Waals surface area contributed by atoms with E-state index >= 15 is 0 Å². The Kier molecular flexibility index (Phi) is 5.09. The van der Waals surface area contributed by atoms with Gasteiger partial charge in [-0.1, -0.05) is 13.0 Å². The molecule has 1 saturated carbocycles. The van der Waals surface area contributed by atoms with Gasteiger partial charge in [0.15, 0.2) is 0 Å². The summed E-state index contributed by atoms with van der Waals surface area (Å²) in [4.78, 5) is 7.20. The summed E-state index contributed by atoms with van der Waals surface area (Å²) in [6.07, 6.45) is 6.48. The summed E-state index contributed by atoms with van der Waals surface area (Å²) < 4.78 is 5.92. The Morgan fingerprint density at radius 3 is 3.05 bits per heavy atom. The first-order valence-electron chi connectivity index (χ1n) is 8.41. The van der Waals surface area contributed by atoms with Crippen LogP contribution in [0.5, 0.6) is 0 Å². The third kappa shape index (κ3) is 4.42. The van der Waals surface area contributed by atoms with Gasteiger partial charge >= 0.3 is 0 Å². The summed E-state index contributed by atoms with van der Waals surface area (Å²) in [6, 6.07) is 7.11. The number of rotatable bonds is 7. The molecule has 4 heteroatoms. The smallest absolute Gasteiger partial charge is 0.128 e. The van der Waals surface area contributed by atoms with Crippen LogP contribution in [0.1, 0.15) is 44.7 Å². The zero-order valence-electron chi connectivity index (χ0n) is 13.1. The minimum Gasteiger partial charge on any atom is -0.376 e. The van der Waals surface area contributed by atoms with E-state index < -0.39 is 0 Å². The molecule has 0 aromatic carbocycles. The van der Waals surface area contributed by atoms with Gasteiger partial charge in [0.2, 0.25) is 0 Å². The standard InChI is InChI=1S/C17H27N3O/c1-2-11-21-16-6-4-10-20(13-16)17-7-3-5-15(19-17)12-18-14-8-9-14/h3,5,7,14,16,18H,2,4,6,8-13H2,1H3. The van der Waals surface area contributed by atoms with Crippen molar-refractivity contribution in [1.29, 1.82) is 0 Å². The highest BCUT2D eigenvalue weighted by atomic mass is 16.5. The van der Waals surface area contributed by atoms with Gasteiger partial charge in [0, 0.05) is 32.3 Å². The van der Waals surface area contributed by atoms with Crippen molar-refractivity contribution < 1.29 is 4.74 Å². The number of hydrogen-bond donors (Lipinski definition) is 1. The van der Waals surface area contributed by atoms with E-state index in [1.165, 1.54) is 25.7 Å². The summed E-state index contributed by atoms with van der Waals surface area (Å²) in [5.74, 6) is 1.11. The number of anilines is 1. The highest BCUT2D eigenvalue weighted by Gasteiger charge is 2.22. The number of aromatic nitrogens is 1. The topological polar surface area (TPSA) is 37.4 Å². The molecule has 0 bridgehead atoms. The van der Waals surface area contributed by atoms with Gasteiger partial charge in [-0.3, -0.25) is 0 Å². The molecule has 116 valence electrons. The van der Waals surface area contributed by atoms with E-state index in [1.807, 2.05) is 0 Å². The van der Waals surface area contributed by atoms with Gasteiger partial charge in [-0.15, -0.1) is 0 Å². The van der Waals surface area contributed by atoms with E-state index in [0.29, 0.717) is 6.10 Å². The van der Waals surface area contributed by atoms with Crippen LogP contribution in [0.2, 0.25) is 0 Å². The maximum absolute atomic E-state index is 5.92. The van der Waals surface area contributed by atoms with Crippen LogP contribution in [0.15, 0.2) is 18.2 Å². The van der Waals surface area contributed by atoms with Crippen LogP contribution in [-0.4, -0.2) is 36.8 Å². The van der Waals surface area contributed by atoms with Crippen molar-refractivity contribution in [1.82, 2.24) is 10.3 Å². The third-order valence-corrected chi connectivity index (χ3v) is 4.20. The van der Waals surface area contributed by atoms with E-state index in [-0.39, 0.29) is 0 Å². The van der Waals surface area contributed by atoms with Gasteiger partial charge in [-0.25, -0.2) is 4.98 Å². The lowest BCUT2D eigenvalue weighted by Crippen LogP contribution is -2.40. The second-order valence-corrected chi connectivity index (χ2v) is 6.22. The molecule has 1 aromatic rings. The lowest BCUT2D eigenvalue weighted by Gasteiger charge is -2.33. The first-order chi connectivity index (χ1) is 10.3. The molecule has 1 N–H and O–H groups in total. The van der Waals surface area contributed by atoms with Gasteiger partial charge in [-0.05, 0) is 44.2 Å². The monoisotopic (exact) mass is 289 g/mol. The van der Waals surface area contributed by atoms with Gasteiger partial charge in [0.05, 0.1) is 11.8 Å². The largest absolute Gasteiger partial charge is 0.376 e. The van der Waals surface area contributed by atoms with Crippen LogP contribution < -0.4 is 10.2 Å². The molecule has 2 heterocycles. The molecule has 0 amide bonds. The summed E-state index contributed by atoms with van der Waals surface area (Å²) in [7, 11) is 0. The fraction of sp³-hybridized carbons (Fsp3) is 0.706. The first kappa shape index (κ1) is 14.8. The Balaban J connectivity index is 1.57. The Bertz CT molecular complexity index is 447. The molecule has 0 spiro atoms. The van der Waals surface area contributed by atoms with Crippen molar-refractivity contribution in [3.63, 3.8) is 0 Å². The second kappa shape index (κ2) is 7.23. The van der Waals surface area contributed by atoms with Crippen molar-refractivity contribution >= 4 is 5.82 Å². The van der Waals surface area contributed by atoms with Gasteiger partial charge in [-0.2, -0.15) is 0 Å². The molecule has 1 unspecified atom stereocenters. The third-order valence-electron chi connectivity index (χ3n) is 4.20. The highest BCUT2D eigenvalue weighted by Crippen LogP contribution is 2.21. The molecule has 1 atom stereocenters. The van der Waals surface area contributed by atoms with Crippen LogP contribution in [0.4, 0.5) is 5.82 Å². The maximum Gasteiger partial charge on any atom is 0.128 e. The highest BCUT2D eigenvalue weighted by molar-refractivity contribution is 5.40. The molecule has 2 fully saturated rings. The molecule has 3 rings (SSSR count). The molecular weight excluding hydrogens is 262 g/mol. The predicted octanol–water partition coefficient (Wildman–Crippen LogP) is 2.73. The molecule has 1 saturated heterocycles. The summed E-state index contributed by atoms with van der Waals surface area (Å²) in [6.45, 7) is 6.00. The predicted molar refractivity (Wildman–Crippen MR) is 85.6 cm³/mol. The second-order valence-electron chi connectivity index (χ2n) is 6.22. The molecule has 1 aromatic heterocycles. The van der Waals surface area contributed by atoms with E-state index in [0.717, 1.165) is 50.2 Å². The van der Waals surface area contributed by atoms with Crippen molar-refractivity contribution in [3.05, 3.63) is 23.9 Å². The van der Waals surface area contributed by atoms with E-state index in [1.54, 1.807) is 0 Å². The molecule has 1 aliphatic carbocycles. The van der Waals surface area contributed by atoms with Crippen LogP contribution in [0.3, 0.4) is 0 Å². The van der Waals surface area contributed by atoms with Crippen molar-refractivity contribution in [3.8, 4) is 0 Å². The Hall–Kier alpha value is -1.13. The molecule has 0 radical (unpaired) electrons. The van der Waals surface area contributed by atoms with Gasteiger partial charge in [0.1, 0.15) is 5.82 Å². The zero-order chi connectivity index (χ0) is 14.5. The summed E-state index contributed by atoms with van der Waals surface area (Å²) in [5.41, 5.74) is 1.15. The zero-order valence-corrected chi connectivity index (χ0v) is 13.1. The fourth-order valence-corrected chi connectivity index (χ4v) is 2.84. The van der Waals surface area contributed by atoms with Crippen molar-refractivity contribution in [2.45, 2.75) is 57.7 Å². The number of pyridine rings is 1. The molecule has 4 nitrogen and oxygen atoms in total. The van der Waals surface area contributed by atoms with E-state index in [4.69, 9.17) is 9.72 Å². The first-order valence-corrected chi connectivity index (χ1v) is 8.41. The maximum atomic E-state index is 5.92. The number of piperidine rings is 1. The molecular formula is C17H27N3O. The van der Waals surface area contributed by atoms with E-state index in [2.05, 4.69) is 35.3 Å². The van der Waals surface area contributed by atoms with Gasteiger partial charge in [0.25, 0.3) is 0 Å². The van der Waals surface area contributed by atoms with Crippen molar-refractivity contribution in [2.24, 2.45) is 0 Å². The van der Waals surface area contributed by atoms with E-state index in [9.17, 15) is 0 Å². The Morgan fingerprint density at radius 1 is 1.33 bits per heavy atom. The average molecular weight is 289 g/mol. The number of hydrogen-bond acceptors (Lipinski definition) is 4. The SMILES string of the molecule is CCCOC1CCCN(c2cccc(CNC3CC3)n2)C1. The normalized spacial score (nSPS) is 22.5. The fourth-order valence-electron chi connectivity index (χ4n) is 2.84. The van der Waals surface area contributed by atoms with Crippen LogP contribution in [-0.2, 0) is 11.3 Å². The van der Waals surface area contributed by atoms with Gasteiger partial charge < -0.3 is 15.0 Å².